The predicted octanol–water partition coefficient (Wildman–Crippen LogP) is 1.77. The molecule has 1 N–H and O–H groups in total. The first kappa shape index (κ1) is 17.2. The highest BCUT2D eigenvalue weighted by molar-refractivity contribution is 5.98. The fraction of sp³-hybridized carbons (Fsp3) is 0.300. The maximum Gasteiger partial charge on any atom is 0.249 e. The quantitative estimate of drug-likeness (QED) is 0.924. The van der Waals surface area contributed by atoms with Crippen molar-refractivity contribution in [3.05, 3.63) is 65.7 Å². The molecule has 0 saturated carbocycles. The highest BCUT2D eigenvalue weighted by Crippen LogP contribution is 2.23. The molecule has 1 aliphatic rings. The second-order valence-corrected chi connectivity index (χ2v) is 6.36. The van der Waals surface area contributed by atoms with Crippen LogP contribution in [0.3, 0.4) is 0 Å². The van der Waals surface area contributed by atoms with Crippen LogP contribution in [0.5, 0.6) is 0 Å². The van der Waals surface area contributed by atoms with Crippen molar-refractivity contribution in [1.29, 1.82) is 0 Å². The van der Waals surface area contributed by atoms with Crippen molar-refractivity contribution in [2.45, 2.75) is 19.4 Å². The highest BCUT2D eigenvalue weighted by Gasteiger charge is 2.35. The highest BCUT2D eigenvalue weighted by atomic mass is 16.3. The summed E-state index contributed by atoms with van der Waals surface area (Å²) in [6, 6.07) is 17.5. The van der Waals surface area contributed by atoms with Crippen LogP contribution in [-0.4, -0.2) is 47.6 Å². The average molecular weight is 338 g/mol. The van der Waals surface area contributed by atoms with Crippen molar-refractivity contribution in [3.8, 4) is 0 Å². The van der Waals surface area contributed by atoms with E-state index in [1.54, 1.807) is 4.90 Å². The van der Waals surface area contributed by atoms with Gasteiger partial charge >= 0.3 is 0 Å². The summed E-state index contributed by atoms with van der Waals surface area (Å²) >= 11 is 0. The summed E-state index contributed by atoms with van der Waals surface area (Å²) in [5.41, 5.74) is 3.07. The minimum absolute atomic E-state index is 0.00916. The molecule has 0 aliphatic carbocycles. The Balaban J connectivity index is 1.86. The monoisotopic (exact) mass is 338 g/mol. The molecule has 1 heterocycles. The Labute approximate surface area is 147 Å². The van der Waals surface area contributed by atoms with Gasteiger partial charge in [0.15, 0.2) is 0 Å². The van der Waals surface area contributed by atoms with Crippen LogP contribution < -0.4 is 4.90 Å². The van der Waals surface area contributed by atoms with E-state index in [2.05, 4.69) is 0 Å². The van der Waals surface area contributed by atoms with Gasteiger partial charge in [0.25, 0.3) is 0 Å². The molecule has 0 unspecified atom stereocenters. The third-order valence-electron chi connectivity index (χ3n) is 4.56. The topological polar surface area (TPSA) is 60.9 Å². The molecule has 1 saturated heterocycles. The zero-order chi connectivity index (χ0) is 17.8. The van der Waals surface area contributed by atoms with Gasteiger partial charge in [0.2, 0.25) is 11.8 Å². The SMILES string of the molecule is Cc1ccc(N2C[C@@H](Cc3ccccc3)N(C(=O)CO)CC2=O)cc1. The smallest absolute Gasteiger partial charge is 0.249 e. The number of benzene rings is 2. The number of anilines is 1. The standard InChI is InChI=1S/C20H22N2O3/c1-15-7-9-17(10-8-15)21-12-18(11-16-5-3-2-4-6-16)22(13-19(21)24)20(25)14-23/h2-10,18,23H,11-14H2,1H3/t18-/m1/s1. The van der Waals surface area contributed by atoms with E-state index in [4.69, 9.17) is 0 Å². The molecule has 5 heteroatoms. The minimum atomic E-state index is -0.580. The number of piperazine rings is 1. The van der Waals surface area contributed by atoms with Crippen molar-refractivity contribution >= 4 is 17.5 Å². The summed E-state index contributed by atoms with van der Waals surface area (Å²) in [5.74, 6) is -0.534. The number of hydrogen-bond donors (Lipinski definition) is 1. The lowest BCUT2D eigenvalue weighted by Crippen LogP contribution is -2.59. The van der Waals surface area contributed by atoms with Crippen LogP contribution in [0.2, 0.25) is 0 Å². The molecule has 3 rings (SSSR count). The molecular formula is C20H22N2O3. The summed E-state index contributed by atoms with van der Waals surface area (Å²) in [6.07, 6.45) is 0.641. The first-order chi connectivity index (χ1) is 12.1. The van der Waals surface area contributed by atoms with Crippen molar-refractivity contribution in [2.75, 3.05) is 24.6 Å². The second-order valence-electron chi connectivity index (χ2n) is 6.36. The zero-order valence-electron chi connectivity index (χ0n) is 14.3. The third kappa shape index (κ3) is 3.88. The number of aliphatic hydroxyl groups excluding tert-OH is 1. The number of rotatable bonds is 4. The number of aryl methyl sites for hydroxylation is 1. The summed E-state index contributed by atoms with van der Waals surface area (Å²) in [6.45, 7) is 1.83. The van der Waals surface area contributed by atoms with E-state index < -0.39 is 12.5 Å². The molecule has 0 spiro atoms. The third-order valence-corrected chi connectivity index (χ3v) is 4.56. The molecule has 0 aromatic heterocycles. The van der Waals surface area contributed by atoms with E-state index in [0.29, 0.717) is 13.0 Å². The van der Waals surface area contributed by atoms with Crippen LogP contribution >= 0.6 is 0 Å². The Hall–Kier alpha value is -2.66. The Morgan fingerprint density at radius 2 is 1.80 bits per heavy atom. The van der Waals surface area contributed by atoms with Crippen LogP contribution in [0.1, 0.15) is 11.1 Å². The number of nitrogens with zero attached hydrogens (tertiary/aromatic N) is 2. The van der Waals surface area contributed by atoms with Crippen LogP contribution in [0.4, 0.5) is 5.69 Å². The van der Waals surface area contributed by atoms with Gasteiger partial charge in [-0.2, -0.15) is 0 Å². The van der Waals surface area contributed by atoms with Gasteiger partial charge < -0.3 is 14.9 Å². The summed E-state index contributed by atoms with van der Waals surface area (Å²) in [7, 11) is 0. The van der Waals surface area contributed by atoms with Gasteiger partial charge in [-0.05, 0) is 31.0 Å². The van der Waals surface area contributed by atoms with Crippen LogP contribution in [0.25, 0.3) is 0 Å². The largest absolute Gasteiger partial charge is 0.387 e. The van der Waals surface area contributed by atoms with E-state index >= 15 is 0 Å². The number of aliphatic hydroxyl groups is 1. The first-order valence-corrected chi connectivity index (χ1v) is 8.40. The maximum atomic E-state index is 12.6. The van der Waals surface area contributed by atoms with E-state index in [0.717, 1.165) is 16.8 Å². The maximum absolute atomic E-state index is 12.6. The molecule has 1 atom stereocenters. The first-order valence-electron chi connectivity index (χ1n) is 8.40. The van der Waals surface area contributed by atoms with Gasteiger partial charge in [0, 0.05) is 12.2 Å². The molecule has 2 amide bonds. The van der Waals surface area contributed by atoms with E-state index in [9.17, 15) is 14.7 Å². The molecule has 2 aromatic rings. The van der Waals surface area contributed by atoms with Gasteiger partial charge in [-0.25, -0.2) is 0 Å². The summed E-state index contributed by atoms with van der Waals surface area (Å²) < 4.78 is 0. The fourth-order valence-electron chi connectivity index (χ4n) is 3.19. The Morgan fingerprint density at radius 3 is 2.44 bits per heavy atom. The Bertz CT molecular complexity index is 743. The Kier molecular flexibility index (Phi) is 5.14. The molecular weight excluding hydrogens is 316 g/mol. The minimum Gasteiger partial charge on any atom is -0.387 e. The van der Waals surface area contributed by atoms with Gasteiger partial charge in [-0.15, -0.1) is 0 Å². The second kappa shape index (κ2) is 7.49. The van der Waals surface area contributed by atoms with Crippen LogP contribution in [0.15, 0.2) is 54.6 Å². The Morgan fingerprint density at radius 1 is 1.12 bits per heavy atom. The summed E-state index contributed by atoms with van der Waals surface area (Å²) in [5, 5.41) is 9.25. The molecule has 0 bridgehead atoms. The number of hydrogen-bond acceptors (Lipinski definition) is 3. The molecule has 1 aliphatic heterocycles. The normalized spacial score (nSPS) is 17.7. The van der Waals surface area contributed by atoms with Gasteiger partial charge in [0.1, 0.15) is 13.2 Å². The molecule has 1 fully saturated rings. The van der Waals surface area contributed by atoms with Crippen molar-refractivity contribution in [2.24, 2.45) is 0 Å². The van der Waals surface area contributed by atoms with Crippen molar-refractivity contribution < 1.29 is 14.7 Å². The molecule has 5 nitrogen and oxygen atoms in total. The van der Waals surface area contributed by atoms with Gasteiger partial charge in [-0.1, -0.05) is 48.0 Å². The van der Waals surface area contributed by atoms with Crippen molar-refractivity contribution in [1.82, 2.24) is 4.90 Å². The van der Waals surface area contributed by atoms with Gasteiger partial charge in [-0.3, -0.25) is 9.59 Å². The lowest BCUT2D eigenvalue weighted by Gasteiger charge is -2.41. The number of carbonyl (C=O) groups is 2. The van der Waals surface area contributed by atoms with Crippen LogP contribution in [-0.2, 0) is 16.0 Å². The lowest BCUT2D eigenvalue weighted by molar-refractivity contribution is -0.142. The molecule has 130 valence electrons. The molecule has 0 radical (unpaired) electrons. The van der Waals surface area contributed by atoms with Gasteiger partial charge in [0.05, 0.1) is 6.04 Å². The van der Waals surface area contributed by atoms with E-state index in [1.165, 1.54) is 4.90 Å². The lowest BCUT2D eigenvalue weighted by atomic mass is 10.0. The van der Waals surface area contributed by atoms with Crippen molar-refractivity contribution in [3.63, 3.8) is 0 Å². The van der Waals surface area contributed by atoms with E-state index in [1.807, 2.05) is 61.5 Å². The average Bonchev–Trinajstić information content (AvgIpc) is 2.64. The molecule has 25 heavy (non-hydrogen) atoms. The fourth-order valence-corrected chi connectivity index (χ4v) is 3.19. The zero-order valence-corrected chi connectivity index (χ0v) is 14.3. The van der Waals surface area contributed by atoms with E-state index in [-0.39, 0.29) is 18.5 Å². The summed E-state index contributed by atoms with van der Waals surface area (Å²) in [4.78, 5) is 27.9. The number of amides is 2. The number of carbonyl (C=O) groups excluding carboxylic acids is 2. The van der Waals surface area contributed by atoms with Crippen LogP contribution in [0, 0.1) is 6.92 Å². The molecule has 2 aromatic carbocycles. The predicted molar refractivity (Wildman–Crippen MR) is 96.3 cm³/mol.